The zero-order valence-corrected chi connectivity index (χ0v) is 73.2. The van der Waals surface area contributed by atoms with Crippen LogP contribution in [0.3, 0.4) is 0 Å². The zero-order valence-electron chi connectivity index (χ0n) is 70.0. The molecule has 10 aromatic rings. The monoisotopic (exact) mass is 1740 g/mol. The maximum absolute atomic E-state index is 12.3. The van der Waals surface area contributed by atoms with Gasteiger partial charge < -0.3 is 81.8 Å². The molecule has 3 aliphatic rings. The Morgan fingerprint density at radius 1 is 0.294 bits per heavy atom. The molecule has 0 bridgehead atoms. The fourth-order valence-corrected chi connectivity index (χ4v) is 12.5. The Balaban J connectivity index is 0.000000195. The van der Waals surface area contributed by atoms with Crippen LogP contribution in [-0.4, -0.2) is 172 Å². The van der Waals surface area contributed by atoms with Crippen LogP contribution in [0.5, 0.6) is 0 Å². The van der Waals surface area contributed by atoms with Crippen LogP contribution in [0.15, 0.2) is 252 Å². The summed E-state index contributed by atoms with van der Waals surface area (Å²) in [6, 6.07) is 73.0. The van der Waals surface area contributed by atoms with Crippen molar-refractivity contribution < 1.29 is 106 Å². The van der Waals surface area contributed by atoms with E-state index in [-0.39, 0.29) is 51.2 Å². The van der Waals surface area contributed by atoms with E-state index in [9.17, 15) is 24.0 Å². The van der Waals surface area contributed by atoms with Crippen molar-refractivity contribution in [3.05, 3.63) is 285 Å². The molecule has 10 aromatic carbocycles. The molecule has 13 rings (SSSR count). The van der Waals surface area contributed by atoms with Crippen LogP contribution in [0.1, 0.15) is 140 Å². The average Bonchev–Trinajstić information content (AvgIpc) is 1.60. The van der Waals surface area contributed by atoms with Crippen molar-refractivity contribution in [3.63, 3.8) is 0 Å². The Bertz CT molecular complexity index is 4840. The highest BCUT2D eigenvalue weighted by Gasteiger charge is 2.64. The molecular formula is C89H100B6Br2O22. The van der Waals surface area contributed by atoms with E-state index in [2.05, 4.69) is 36.6 Å². The quantitative estimate of drug-likeness (QED) is 0.0335. The van der Waals surface area contributed by atoms with Gasteiger partial charge in [-0.1, -0.05) is 232 Å². The third-order valence-electron chi connectivity index (χ3n) is 20.7. The molecule has 0 saturated carbocycles. The highest BCUT2D eigenvalue weighted by molar-refractivity contribution is 9.10. The fraction of sp³-hybridized carbons (Fsp3) is 0.270. The van der Waals surface area contributed by atoms with E-state index >= 15 is 0 Å². The summed E-state index contributed by atoms with van der Waals surface area (Å²) < 4.78 is 61.6. The number of carbonyl (C=O) groups is 5. The maximum Gasteiger partial charge on any atom is 0.494 e. The number of hydrogen-bond donors (Lipinski definition) is 6. The summed E-state index contributed by atoms with van der Waals surface area (Å²) in [7, 11) is 0.690. The van der Waals surface area contributed by atoms with Crippen molar-refractivity contribution in [1.29, 1.82) is 0 Å². The number of aryl methyl sites for hydroxylation is 1. The van der Waals surface area contributed by atoms with Gasteiger partial charge in [0.15, 0.2) is 0 Å². The van der Waals surface area contributed by atoms with Crippen LogP contribution in [0.25, 0.3) is 44.5 Å². The maximum atomic E-state index is 12.3. The van der Waals surface area contributed by atoms with Gasteiger partial charge in [0.25, 0.3) is 0 Å². The Hall–Kier alpha value is -9.58. The van der Waals surface area contributed by atoms with Gasteiger partial charge in [-0.3, -0.25) is 0 Å². The Morgan fingerprint density at radius 3 is 0.832 bits per heavy atom. The number of hydrogen-bond acceptors (Lipinski definition) is 22. The van der Waals surface area contributed by atoms with Crippen molar-refractivity contribution in [2.75, 3.05) is 35.5 Å². The molecule has 3 saturated heterocycles. The molecule has 0 atom stereocenters. The molecule has 6 N–H and O–H groups in total. The summed E-state index contributed by atoms with van der Waals surface area (Å²) in [5.74, 6) is -2.03. The topological polar surface area (TPSA) is 308 Å². The Kier molecular flexibility index (Phi) is 34.9. The summed E-state index contributed by atoms with van der Waals surface area (Å²) >= 11 is 6.64. The number of carbonyl (C=O) groups excluding carboxylic acids is 5. The first kappa shape index (κ1) is 96.5. The molecule has 30 heteroatoms. The van der Waals surface area contributed by atoms with Crippen molar-refractivity contribution in [3.8, 4) is 44.5 Å². The van der Waals surface area contributed by atoms with Gasteiger partial charge >= 0.3 is 72.3 Å². The van der Waals surface area contributed by atoms with E-state index in [1.807, 2.05) is 254 Å². The first-order valence-corrected chi connectivity index (χ1v) is 39.5. The van der Waals surface area contributed by atoms with E-state index < -0.39 is 65.6 Å². The van der Waals surface area contributed by atoms with Crippen molar-refractivity contribution in [2.24, 2.45) is 0 Å². The second-order valence-electron chi connectivity index (χ2n) is 30.4. The molecule has 3 fully saturated rings. The predicted octanol–water partition coefficient (Wildman–Crippen LogP) is 13.1. The Labute approximate surface area is 715 Å². The SMILES string of the molecule is CC1(C)OB(B2OC(C)(C)C(C)(C)O2)OC1(C)C.COC(=O)c1cc(B(O)O)ccc1-c1ccccc1.COC(=O)c1cc(B(O)O)ccc1-c1ccccc1.COC(=O)c1cc(B2OC(C)(C)C(C)(C)O2)ccc1-c1ccccc1.COC(=O)c1cc(Br)ccc1-c1ccccc1.COC(=O)c1cc(Br)ccc1C.OB(O)c1ccccc1. The molecular weight excluding hydrogens is 1650 g/mol. The van der Waals surface area contributed by atoms with E-state index in [0.29, 0.717) is 44.4 Å². The molecule has 0 aromatic heterocycles. The molecule has 3 heterocycles. The van der Waals surface area contributed by atoms with Crippen LogP contribution in [0.2, 0.25) is 0 Å². The van der Waals surface area contributed by atoms with Crippen LogP contribution in [0, 0.1) is 6.92 Å². The highest BCUT2D eigenvalue weighted by Crippen LogP contribution is 2.44. The van der Waals surface area contributed by atoms with Crippen LogP contribution >= 0.6 is 31.9 Å². The van der Waals surface area contributed by atoms with E-state index in [4.69, 9.17) is 77.0 Å². The molecule has 119 heavy (non-hydrogen) atoms. The number of methoxy groups -OCH3 is 5. The van der Waals surface area contributed by atoms with E-state index in [0.717, 1.165) is 53.4 Å². The lowest BCUT2D eigenvalue weighted by atomic mass is 9.49. The minimum absolute atomic E-state index is 0.250. The normalized spacial score (nSPS) is 15.0. The van der Waals surface area contributed by atoms with E-state index in [1.54, 1.807) is 66.7 Å². The minimum Gasteiger partial charge on any atom is -0.465 e. The molecule has 0 radical (unpaired) electrons. The predicted molar refractivity (Wildman–Crippen MR) is 475 cm³/mol. The van der Waals surface area contributed by atoms with Crippen LogP contribution < -0.4 is 21.9 Å². The second kappa shape index (κ2) is 43.1. The lowest BCUT2D eigenvalue weighted by Crippen LogP contribution is -2.41. The van der Waals surface area contributed by atoms with Gasteiger partial charge in [0.1, 0.15) is 0 Å². The second-order valence-corrected chi connectivity index (χ2v) is 32.2. The Morgan fingerprint density at radius 2 is 0.538 bits per heavy atom. The molecule has 620 valence electrons. The largest absolute Gasteiger partial charge is 0.494 e. The highest BCUT2D eigenvalue weighted by atomic mass is 79.9. The summed E-state index contributed by atoms with van der Waals surface area (Å²) in [5.41, 5.74) is 9.50. The van der Waals surface area contributed by atoms with Gasteiger partial charge in [-0.15, -0.1) is 0 Å². The molecule has 0 aliphatic carbocycles. The number of benzene rings is 10. The van der Waals surface area contributed by atoms with Gasteiger partial charge in [-0.25, -0.2) is 24.0 Å². The smallest absolute Gasteiger partial charge is 0.465 e. The van der Waals surface area contributed by atoms with Crippen LogP contribution in [0.4, 0.5) is 0 Å². The number of esters is 5. The first-order chi connectivity index (χ1) is 56.1. The van der Waals surface area contributed by atoms with Crippen molar-refractivity contribution in [2.45, 2.75) is 124 Å². The first-order valence-electron chi connectivity index (χ1n) is 37.9. The lowest BCUT2D eigenvalue weighted by molar-refractivity contribution is 0.00578. The zero-order chi connectivity index (χ0) is 88.0. The third kappa shape index (κ3) is 25.7. The van der Waals surface area contributed by atoms with Gasteiger partial charge in [0, 0.05) is 8.95 Å². The lowest BCUT2D eigenvalue weighted by Gasteiger charge is -2.32. The third-order valence-corrected chi connectivity index (χ3v) is 21.6. The molecule has 0 amide bonds. The summed E-state index contributed by atoms with van der Waals surface area (Å²) in [5, 5.41) is 53.8. The minimum atomic E-state index is -1.62. The standard InChI is InChI=1S/C20H23BO4.2C14H13BO4.C14H11BrO2.C12H24B2O4.C9H9BrO2.C6H7BO2/c1-19(2)20(3,4)25-21(24-19)15-11-12-16(14-9-7-6-8-10-14)17(13-15)18(22)23-5;2*1-19-14(16)13-9-11(15(17)18)7-8-12(13)10-5-3-2-4-6-10;1-17-14(16)13-9-11(15)7-8-12(13)10-5-3-2-4-6-10;1-9(2)10(3,4)16-13(15-9)14-17-11(5,6)12(7,8)18-14;1-6-3-4-7(10)5-8(6)9(11)12-2;8-7(9)6-4-2-1-3-5-6/h6-13H,1-5H3;2*2-9,17-18H,1H3;2-9H,1H3;1-8H3;3-5H,1-2H3;1-5,8-9H. The number of rotatable bonds is 14. The summed E-state index contributed by atoms with van der Waals surface area (Å²) in [4.78, 5) is 58.8. The van der Waals surface area contributed by atoms with Gasteiger partial charge in [0.2, 0.25) is 0 Å². The van der Waals surface area contributed by atoms with Gasteiger partial charge in [0.05, 0.1) is 97.0 Å². The molecule has 0 spiro atoms. The molecule has 22 nitrogen and oxygen atoms in total. The number of ether oxygens (including phenoxy) is 5. The fourth-order valence-electron chi connectivity index (χ4n) is 11.8. The molecule has 0 unspecified atom stereocenters. The van der Waals surface area contributed by atoms with E-state index in [1.165, 1.54) is 47.7 Å². The van der Waals surface area contributed by atoms with Gasteiger partial charge in [-0.2, -0.15) is 0 Å². The van der Waals surface area contributed by atoms with Crippen molar-refractivity contribution in [1.82, 2.24) is 0 Å². The summed E-state index contributed by atoms with van der Waals surface area (Å²) in [6.45, 7) is 26.1. The van der Waals surface area contributed by atoms with Crippen molar-refractivity contribution >= 4 is 126 Å². The van der Waals surface area contributed by atoms with Gasteiger partial charge in [-0.05, 0) is 204 Å². The number of halogens is 2. The molecule has 3 aliphatic heterocycles. The van der Waals surface area contributed by atoms with Crippen LogP contribution in [-0.2, 0) is 51.6 Å². The average molecular weight is 1750 g/mol. The summed E-state index contributed by atoms with van der Waals surface area (Å²) in [6.07, 6.45) is 0.